The summed E-state index contributed by atoms with van der Waals surface area (Å²) in [6.07, 6.45) is 0. The van der Waals surface area contributed by atoms with Crippen molar-refractivity contribution in [3.63, 3.8) is 0 Å². The van der Waals surface area contributed by atoms with Crippen LogP contribution in [0.5, 0.6) is 0 Å². The second kappa shape index (κ2) is 7.37. The maximum atomic E-state index is 12.8. The highest BCUT2D eigenvalue weighted by Gasteiger charge is 2.31. The van der Waals surface area contributed by atoms with Gasteiger partial charge in [0.05, 0.1) is 14.7 Å². The van der Waals surface area contributed by atoms with Crippen molar-refractivity contribution in [2.75, 3.05) is 26.2 Å². The SMILES string of the molecule is Cc1cc(C(=O)N2CCN(S(=O)(=O)c3cccc([N+](=O)[O-])c3)CC2)sc1C. The van der Waals surface area contributed by atoms with Gasteiger partial charge >= 0.3 is 0 Å². The average Bonchev–Trinajstić information content (AvgIpc) is 3.00. The third kappa shape index (κ3) is 3.87. The first kappa shape index (κ1) is 19.5. The molecule has 0 saturated carbocycles. The molecule has 144 valence electrons. The fraction of sp³-hybridized carbons (Fsp3) is 0.353. The molecule has 2 heterocycles. The number of nitrogens with zero attached hydrogens (tertiary/aromatic N) is 3. The van der Waals surface area contributed by atoms with Gasteiger partial charge in [0.2, 0.25) is 10.0 Å². The molecule has 1 aliphatic heterocycles. The molecule has 0 N–H and O–H groups in total. The maximum absolute atomic E-state index is 12.8. The summed E-state index contributed by atoms with van der Waals surface area (Å²) in [6.45, 7) is 4.78. The Bertz CT molecular complexity index is 972. The van der Waals surface area contributed by atoms with Crippen LogP contribution in [-0.2, 0) is 10.0 Å². The van der Waals surface area contributed by atoms with Crippen molar-refractivity contribution in [1.82, 2.24) is 9.21 Å². The van der Waals surface area contributed by atoms with Crippen LogP contribution in [0.15, 0.2) is 35.2 Å². The van der Waals surface area contributed by atoms with Crippen LogP contribution >= 0.6 is 11.3 Å². The highest BCUT2D eigenvalue weighted by atomic mass is 32.2. The van der Waals surface area contributed by atoms with Crippen molar-refractivity contribution in [3.05, 3.63) is 55.8 Å². The van der Waals surface area contributed by atoms with Crippen molar-refractivity contribution in [2.24, 2.45) is 0 Å². The molecule has 0 atom stereocenters. The quantitative estimate of drug-likeness (QED) is 0.570. The van der Waals surface area contributed by atoms with Gasteiger partial charge in [-0.05, 0) is 31.5 Å². The Morgan fingerprint density at radius 2 is 1.81 bits per heavy atom. The summed E-state index contributed by atoms with van der Waals surface area (Å²) in [5, 5.41) is 10.9. The predicted octanol–water partition coefficient (Wildman–Crippen LogP) is 2.42. The Morgan fingerprint density at radius 1 is 1.15 bits per heavy atom. The van der Waals surface area contributed by atoms with E-state index in [1.807, 2.05) is 19.9 Å². The number of non-ortho nitro benzene ring substituents is 1. The number of carbonyl (C=O) groups is 1. The van der Waals surface area contributed by atoms with E-state index in [0.29, 0.717) is 4.88 Å². The summed E-state index contributed by atoms with van der Waals surface area (Å²) in [4.78, 5) is 26.1. The van der Waals surface area contributed by atoms with Gasteiger partial charge in [0.15, 0.2) is 0 Å². The number of amides is 1. The van der Waals surface area contributed by atoms with E-state index >= 15 is 0 Å². The molecule has 1 fully saturated rings. The number of thiophene rings is 1. The van der Waals surface area contributed by atoms with E-state index in [1.165, 1.54) is 33.8 Å². The number of nitro benzene ring substituents is 1. The zero-order chi connectivity index (χ0) is 19.8. The van der Waals surface area contributed by atoms with Crippen LogP contribution in [0, 0.1) is 24.0 Å². The molecular weight excluding hydrogens is 390 g/mol. The van der Waals surface area contributed by atoms with Gasteiger partial charge in [-0.1, -0.05) is 6.07 Å². The smallest absolute Gasteiger partial charge is 0.270 e. The van der Waals surface area contributed by atoms with E-state index in [0.717, 1.165) is 16.5 Å². The molecule has 1 aliphatic rings. The molecule has 2 aromatic rings. The Kier molecular flexibility index (Phi) is 5.31. The Morgan fingerprint density at radius 3 is 2.37 bits per heavy atom. The van der Waals surface area contributed by atoms with Crippen molar-refractivity contribution in [2.45, 2.75) is 18.7 Å². The highest BCUT2D eigenvalue weighted by Crippen LogP contribution is 2.25. The second-order valence-electron chi connectivity index (χ2n) is 6.30. The minimum absolute atomic E-state index is 0.0939. The van der Waals surface area contributed by atoms with Gasteiger partial charge in [-0.15, -0.1) is 11.3 Å². The van der Waals surface area contributed by atoms with Gasteiger partial charge in [0.1, 0.15) is 0 Å². The summed E-state index contributed by atoms with van der Waals surface area (Å²) in [7, 11) is -3.84. The fourth-order valence-corrected chi connectivity index (χ4v) is 5.34. The van der Waals surface area contributed by atoms with Crippen LogP contribution in [0.25, 0.3) is 0 Å². The van der Waals surface area contributed by atoms with Crippen LogP contribution in [0.4, 0.5) is 5.69 Å². The van der Waals surface area contributed by atoms with Crippen LogP contribution < -0.4 is 0 Å². The molecule has 0 spiro atoms. The largest absolute Gasteiger partial charge is 0.335 e. The van der Waals surface area contributed by atoms with Gasteiger partial charge in [0.25, 0.3) is 11.6 Å². The number of sulfonamides is 1. The lowest BCUT2D eigenvalue weighted by Crippen LogP contribution is -2.50. The number of carbonyl (C=O) groups excluding carboxylic acids is 1. The van der Waals surface area contributed by atoms with Gasteiger partial charge in [-0.2, -0.15) is 4.31 Å². The van der Waals surface area contributed by atoms with Crippen molar-refractivity contribution >= 4 is 33.0 Å². The van der Waals surface area contributed by atoms with E-state index in [1.54, 1.807) is 4.90 Å². The summed E-state index contributed by atoms with van der Waals surface area (Å²) in [5.41, 5.74) is 0.795. The molecule has 0 radical (unpaired) electrons. The van der Waals surface area contributed by atoms with Crippen molar-refractivity contribution < 1.29 is 18.1 Å². The second-order valence-corrected chi connectivity index (χ2v) is 9.49. The van der Waals surface area contributed by atoms with E-state index in [9.17, 15) is 23.3 Å². The van der Waals surface area contributed by atoms with Gasteiger partial charge in [-0.25, -0.2) is 8.42 Å². The van der Waals surface area contributed by atoms with Crippen LogP contribution in [-0.4, -0.2) is 54.6 Å². The zero-order valence-electron chi connectivity index (χ0n) is 14.9. The van der Waals surface area contributed by atoms with Crippen molar-refractivity contribution in [1.29, 1.82) is 0 Å². The molecule has 0 bridgehead atoms. The molecular formula is C17H19N3O5S2. The first-order chi connectivity index (χ1) is 12.7. The van der Waals surface area contributed by atoms with Gasteiger partial charge in [0, 0.05) is 43.2 Å². The number of hydrogen-bond donors (Lipinski definition) is 0. The summed E-state index contributed by atoms with van der Waals surface area (Å²) < 4.78 is 26.8. The average molecular weight is 409 g/mol. The molecule has 1 amide bonds. The normalized spacial score (nSPS) is 15.7. The molecule has 8 nitrogen and oxygen atoms in total. The Labute approximate surface area is 161 Å². The summed E-state index contributed by atoms with van der Waals surface area (Å²) >= 11 is 1.44. The predicted molar refractivity (Wildman–Crippen MR) is 102 cm³/mol. The minimum Gasteiger partial charge on any atom is -0.335 e. The Balaban J connectivity index is 1.72. The molecule has 1 aromatic heterocycles. The van der Waals surface area contributed by atoms with Crippen LogP contribution in [0.3, 0.4) is 0 Å². The lowest BCUT2D eigenvalue weighted by atomic mass is 10.2. The molecule has 1 aromatic carbocycles. The lowest BCUT2D eigenvalue weighted by molar-refractivity contribution is -0.385. The summed E-state index contributed by atoms with van der Waals surface area (Å²) in [5.74, 6) is -0.0939. The number of nitro groups is 1. The monoisotopic (exact) mass is 409 g/mol. The number of rotatable bonds is 4. The minimum atomic E-state index is -3.84. The third-order valence-corrected chi connectivity index (χ3v) is 7.60. The molecule has 27 heavy (non-hydrogen) atoms. The molecule has 1 saturated heterocycles. The lowest BCUT2D eigenvalue weighted by Gasteiger charge is -2.33. The standard InChI is InChI=1S/C17H19N3O5S2/c1-12-10-16(26-13(12)2)17(21)18-6-8-19(9-7-18)27(24,25)15-5-3-4-14(11-15)20(22)23/h3-5,10-11H,6-9H2,1-2H3. The number of benzene rings is 1. The fourth-order valence-electron chi connectivity index (χ4n) is 2.87. The number of hydrogen-bond acceptors (Lipinski definition) is 6. The zero-order valence-corrected chi connectivity index (χ0v) is 16.5. The maximum Gasteiger partial charge on any atom is 0.270 e. The van der Waals surface area contributed by atoms with Crippen molar-refractivity contribution in [3.8, 4) is 0 Å². The Hall–Kier alpha value is -2.30. The highest BCUT2D eigenvalue weighted by molar-refractivity contribution is 7.89. The van der Waals surface area contributed by atoms with Crippen LogP contribution in [0.1, 0.15) is 20.1 Å². The van der Waals surface area contributed by atoms with E-state index in [4.69, 9.17) is 0 Å². The molecule has 0 aliphatic carbocycles. The first-order valence-electron chi connectivity index (χ1n) is 8.31. The number of aryl methyl sites for hydroxylation is 2. The van der Waals surface area contributed by atoms with Crippen LogP contribution in [0.2, 0.25) is 0 Å². The van der Waals surface area contributed by atoms with E-state index < -0.39 is 14.9 Å². The third-order valence-electron chi connectivity index (χ3n) is 4.57. The van der Waals surface area contributed by atoms with Gasteiger partial charge in [-0.3, -0.25) is 14.9 Å². The van der Waals surface area contributed by atoms with Gasteiger partial charge < -0.3 is 4.90 Å². The number of piperazine rings is 1. The van der Waals surface area contributed by atoms with E-state index in [2.05, 4.69) is 0 Å². The summed E-state index contributed by atoms with van der Waals surface area (Å²) in [6, 6.07) is 6.86. The first-order valence-corrected chi connectivity index (χ1v) is 10.6. The molecule has 0 unspecified atom stereocenters. The van der Waals surface area contributed by atoms with E-state index in [-0.39, 0.29) is 42.7 Å². The topological polar surface area (TPSA) is 101 Å². The molecule has 3 rings (SSSR count). The molecule has 10 heteroatoms.